The van der Waals surface area contributed by atoms with E-state index in [1.807, 2.05) is 6.07 Å². The normalized spacial score (nSPS) is 22.5. The summed E-state index contributed by atoms with van der Waals surface area (Å²) in [5.41, 5.74) is 0. The predicted molar refractivity (Wildman–Crippen MR) is 66.4 cm³/mol. The molecule has 1 aliphatic rings. The van der Waals surface area contributed by atoms with Gasteiger partial charge in [-0.3, -0.25) is 0 Å². The van der Waals surface area contributed by atoms with Gasteiger partial charge in [0.1, 0.15) is 5.76 Å². The number of ether oxygens (including phenoxy) is 1. The molecule has 1 N–H and O–H groups in total. The van der Waals surface area contributed by atoms with Gasteiger partial charge in [0.15, 0.2) is 0 Å². The maximum atomic E-state index is 5.58. The lowest BCUT2D eigenvalue weighted by Gasteiger charge is -2.14. The summed E-state index contributed by atoms with van der Waals surface area (Å²) in [5.74, 6) is 0.965. The summed E-state index contributed by atoms with van der Waals surface area (Å²) in [6.45, 7) is 4.02. The average molecular weight is 288 g/mol. The lowest BCUT2D eigenvalue weighted by Crippen LogP contribution is -2.23. The first-order chi connectivity index (χ1) is 7.77. The van der Waals surface area contributed by atoms with E-state index in [0.29, 0.717) is 6.10 Å². The van der Waals surface area contributed by atoms with Crippen LogP contribution in [0.25, 0.3) is 0 Å². The Morgan fingerprint density at radius 1 is 1.62 bits per heavy atom. The van der Waals surface area contributed by atoms with Gasteiger partial charge in [-0.05, 0) is 54.7 Å². The van der Waals surface area contributed by atoms with Crippen molar-refractivity contribution >= 4 is 15.9 Å². The van der Waals surface area contributed by atoms with Crippen LogP contribution in [-0.4, -0.2) is 19.3 Å². The van der Waals surface area contributed by atoms with Crippen LogP contribution in [-0.2, 0) is 4.74 Å². The highest BCUT2D eigenvalue weighted by molar-refractivity contribution is 9.10. The summed E-state index contributed by atoms with van der Waals surface area (Å²) in [7, 11) is 0. The van der Waals surface area contributed by atoms with E-state index < -0.39 is 0 Å². The summed E-state index contributed by atoms with van der Waals surface area (Å²) >= 11 is 3.47. The van der Waals surface area contributed by atoms with Crippen molar-refractivity contribution < 1.29 is 9.15 Å². The van der Waals surface area contributed by atoms with Gasteiger partial charge < -0.3 is 14.5 Å². The molecule has 2 heterocycles. The summed E-state index contributed by atoms with van der Waals surface area (Å²) in [5, 5.41) is 3.45. The predicted octanol–water partition coefficient (Wildman–Crippen LogP) is 3.26. The molecule has 90 valence electrons. The van der Waals surface area contributed by atoms with Crippen LogP contribution >= 0.6 is 15.9 Å². The molecular formula is C12H18BrNO2. The van der Waals surface area contributed by atoms with Gasteiger partial charge in [-0.1, -0.05) is 0 Å². The van der Waals surface area contributed by atoms with Crippen molar-refractivity contribution in [1.29, 1.82) is 0 Å². The Labute approximate surface area is 105 Å². The molecule has 2 rings (SSSR count). The molecule has 16 heavy (non-hydrogen) atoms. The molecule has 2 atom stereocenters. The second-order valence-corrected chi connectivity index (χ2v) is 5.09. The molecule has 1 aromatic heterocycles. The van der Waals surface area contributed by atoms with Gasteiger partial charge in [0.2, 0.25) is 0 Å². The molecule has 0 aromatic carbocycles. The van der Waals surface area contributed by atoms with Gasteiger partial charge >= 0.3 is 0 Å². The molecule has 4 heteroatoms. The van der Waals surface area contributed by atoms with Gasteiger partial charge in [0, 0.05) is 6.61 Å². The minimum Gasteiger partial charge on any atom is -0.466 e. The smallest absolute Gasteiger partial charge is 0.134 e. The largest absolute Gasteiger partial charge is 0.466 e. The fourth-order valence-corrected chi connectivity index (χ4v) is 2.58. The Hall–Kier alpha value is -0.320. The van der Waals surface area contributed by atoms with Crippen LogP contribution in [0.15, 0.2) is 21.2 Å². The highest BCUT2D eigenvalue weighted by Gasteiger charge is 2.16. The fraction of sp³-hybridized carbons (Fsp3) is 0.667. The molecule has 3 nitrogen and oxygen atoms in total. The third kappa shape index (κ3) is 3.09. The van der Waals surface area contributed by atoms with Crippen molar-refractivity contribution in [2.75, 3.05) is 13.2 Å². The van der Waals surface area contributed by atoms with E-state index in [9.17, 15) is 0 Å². The molecule has 0 radical (unpaired) electrons. The van der Waals surface area contributed by atoms with Crippen molar-refractivity contribution in [1.82, 2.24) is 5.32 Å². The van der Waals surface area contributed by atoms with E-state index in [-0.39, 0.29) is 6.04 Å². The van der Waals surface area contributed by atoms with Crippen LogP contribution in [0.4, 0.5) is 0 Å². The molecule has 0 saturated carbocycles. The van der Waals surface area contributed by atoms with Crippen LogP contribution in [0, 0.1) is 0 Å². The van der Waals surface area contributed by atoms with E-state index in [2.05, 4.69) is 28.2 Å². The maximum Gasteiger partial charge on any atom is 0.134 e. The van der Waals surface area contributed by atoms with E-state index in [1.165, 1.54) is 12.8 Å². The molecule has 0 amide bonds. The molecular weight excluding hydrogens is 270 g/mol. The molecule has 0 bridgehead atoms. The van der Waals surface area contributed by atoms with Crippen molar-refractivity contribution in [2.45, 2.75) is 38.3 Å². The third-order valence-corrected chi connectivity index (χ3v) is 3.63. The average Bonchev–Trinajstić information content (AvgIpc) is 2.88. The van der Waals surface area contributed by atoms with Crippen LogP contribution in [0.3, 0.4) is 0 Å². The quantitative estimate of drug-likeness (QED) is 0.903. The van der Waals surface area contributed by atoms with Crippen molar-refractivity contribution in [3.63, 3.8) is 0 Å². The Bertz CT molecular complexity index is 321. The van der Waals surface area contributed by atoms with Crippen LogP contribution in [0.5, 0.6) is 0 Å². The second kappa shape index (κ2) is 5.84. The third-order valence-electron chi connectivity index (χ3n) is 2.98. The van der Waals surface area contributed by atoms with Gasteiger partial charge in [-0.2, -0.15) is 0 Å². The van der Waals surface area contributed by atoms with Crippen LogP contribution in [0.2, 0.25) is 0 Å². The number of hydrogen-bond donors (Lipinski definition) is 1. The van der Waals surface area contributed by atoms with Gasteiger partial charge in [-0.25, -0.2) is 0 Å². The van der Waals surface area contributed by atoms with E-state index in [0.717, 1.165) is 29.8 Å². The van der Waals surface area contributed by atoms with Gasteiger partial charge in [0.05, 0.1) is 22.9 Å². The Morgan fingerprint density at radius 3 is 3.12 bits per heavy atom. The van der Waals surface area contributed by atoms with Gasteiger partial charge in [-0.15, -0.1) is 0 Å². The summed E-state index contributed by atoms with van der Waals surface area (Å²) in [6.07, 6.45) is 5.67. The fourth-order valence-electron chi connectivity index (χ4n) is 2.04. The summed E-state index contributed by atoms with van der Waals surface area (Å²) in [6, 6.07) is 2.17. The molecule has 1 aliphatic heterocycles. The second-order valence-electron chi connectivity index (χ2n) is 4.23. The number of halogens is 1. The molecule has 0 spiro atoms. The molecule has 1 fully saturated rings. The lowest BCUT2D eigenvalue weighted by atomic mass is 10.1. The summed E-state index contributed by atoms with van der Waals surface area (Å²) in [4.78, 5) is 0. The Morgan fingerprint density at radius 2 is 2.50 bits per heavy atom. The first kappa shape index (κ1) is 12.1. The zero-order chi connectivity index (χ0) is 11.4. The highest BCUT2D eigenvalue weighted by Crippen LogP contribution is 2.24. The topological polar surface area (TPSA) is 34.4 Å². The van der Waals surface area contributed by atoms with Crippen molar-refractivity contribution in [3.8, 4) is 0 Å². The molecule has 1 saturated heterocycles. The first-order valence-corrected chi connectivity index (χ1v) is 6.64. The van der Waals surface area contributed by atoms with Crippen molar-refractivity contribution in [2.24, 2.45) is 0 Å². The molecule has 2 unspecified atom stereocenters. The van der Waals surface area contributed by atoms with Crippen LogP contribution < -0.4 is 5.32 Å². The molecule has 0 aliphatic carbocycles. The van der Waals surface area contributed by atoms with E-state index >= 15 is 0 Å². The summed E-state index contributed by atoms with van der Waals surface area (Å²) < 4.78 is 12.0. The van der Waals surface area contributed by atoms with Crippen LogP contribution in [0.1, 0.15) is 38.0 Å². The molecule has 1 aromatic rings. The Balaban J connectivity index is 1.71. The zero-order valence-corrected chi connectivity index (χ0v) is 11.1. The highest BCUT2D eigenvalue weighted by atomic mass is 79.9. The van der Waals surface area contributed by atoms with Gasteiger partial charge in [0.25, 0.3) is 0 Å². The standard InChI is InChI=1S/C12H18BrNO2/c1-9(12-11(13)5-8-16-12)14-6-4-10-3-2-7-15-10/h5,8-10,14H,2-4,6-7H2,1H3. The van der Waals surface area contributed by atoms with Crippen molar-refractivity contribution in [3.05, 3.63) is 22.6 Å². The van der Waals surface area contributed by atoms with E-state index in [4.69, 9.17) is 9.15 Å². The first-order valence-electron chi connectivity index (χ1n) is 5.85. The maximum absolute atomic E-state index is 5.58. The monoisotopic (exact) mass is 287 g/mol. The number of nitrogens with one attached hydrogen (secondary N) is 1. The Kier molecular flexibility index (Phi) is 4.44. The minimum atomic E-state index is 0.241. The number of hydrogen-bond acceptors (Lipinski definition) is 3. The number of rotatable bonds is 5. The van der Waals surface area contributed by atoms with E-state index in [1.54, 1.807) is 6.26 Å². The lowest BCUT2D eigenvalue weighted by molar-refractivity contribution is 0.103. The SMILES string of the molecule is CC(NCCC1CCCO1)c1occc1Br. The number of furan rings is 1. The minimum absolute atomic E-state index is 0.241. The zero-order valence-electron chi connectivity index (χ0n) is 9.54.